The third kappa shape index (κ3) is 4.74. The molecule has 0 fully saturated rings. The maximum atomic E-state index is 6.91. The number of aromatic nitrogens is 1. The number of hydrogen-bond donors (Lipinski definition) is 0. The van der Waals surface area contributed by atoms with E-state index in [0.29, 0.717) is 0 Å². The molecule has 0 amide bonds. The summed E-state index contributed by atoms with van der Waals surface area (Å²) in [6, 6.07) is 68.9. The van der Waals surface area contributed by atoms with Gasteiger partial charge in [-0.25, -0.2) is 0 Å². The molecule has 0 aliphatic heterocycles. The zero-order valence-electron chi connectivity index (χ0n) is 27.8. The van der Waals surface area contributed by atoms with Gasteiger partial charge in [-0.15, -0.1) is 0 Å². The smallest absolute Gasteiger partial charge is 0.145 e. The lowest BCUT2D eigenvalue weighted by Gasteiger charge is -2.27. The van der Waals surface area contributed by atoms with Crippen molar-refractivity contribution in [3.8, 4) is 27.9 Å². The first-order chi connectivity index (χ1) is 25.3. The van der Waals surface area contributed by atoms with E-state index in [1.807, 2.05) is 0 Å². The summed E-state index contributed by atoms with van der Waals surface area (Å²) in [5, 5.41) is 4.59. The first-order valence-corrected chi connectivity index (χ1v) is 17.4. The van der Waals surface area contributed by atoms with Crippen LogP contribution in [-0.4, -0.2) is 4.57 Å². The second kappa shape index (κ2) is 11.9. The summed E-state index contributed by atoms with van der Waals surface area (Å²) in [4.78, 5) is 2.36. The largest absolute Gasteiger partial charge is 0.455 e. The number of benzene rings is 8. The molecule has 0 aliphatic carbocycles. The monoisotopic (exact) mass is 652 g/mol. The van der Waals surface area contributed by atoms with Crippen molar-refractivity contribution in [2.45, 2.75) is 0 Å². The van der Waals surface area contributed by atoms with Crippen molar-refractivity contribution in [2.24, 2.45) is 0 Å². The third-order valence-corrected chi connectivity index (χ3v) is 9.97. The van der Waals surface area contributed by atoms with Gasteiger partial charge in [0.05, 0.1) is 22.1 Å². The zero-order chi connectivity index (χ0) is 33.7. The number of para-hydroxylation sites is 4. The molecule has 51 heavy (non-hydrogen) atoms. The van der Waals surface area contributed by atoms with Crippen LogP contribution >= 0.6 is 0 Å². The normalized spacial score (nSPS) is 11.5. The maximum Gasteiger partial charge on any atom is 0.145 e. The molecule has 0 unspecified atom stereocenters. The molecular formula is C48H32N2O. The molecule has 10 aromatic rings. The minimum atomic E-state index is 0.867. The van der Waals surface area contributed by atoms with E-state index >= 15 is 0 Å². The van der Waals surface area contributed by atoms with Gasteiger partial charge in [0.1, 0.15) is 11.2 Å². The van der Waals surface area contributed by atoms with Crippen LogP contribution in [0, 0.1) is 0 Å². The first-order valence-electron chi connectivity index (χ1n) is 17.4. The van der Waals surface area contributed by atoms with Gasteiger partial charge in [0.2, 0.25) is 0 Å². The number of nitrogens with zero attached hydrogens (tertiary/aromatic N) is 2. The molecule has 0 bridgehead atoms. The molecule has 0 saturated heterocycles. The summed E-state index contributed by atoms with van der Waals surface area (Å²) in [5.74, 6) is 0. The summed E-state index contributed by atoms with van der Waals surface area (Å²) >= 11 is 0. The van der Waals surface area contributed by atoms with Gasteiger partial charge in [-0.2, -0.15) is 0 Å². The Kier molecular flexibility index (Phi) is 6.81. The molecule has 2 heterocycles. The van der Waals surface area contributed by atoms with E-state index in [0.717, 1.165) is 61.3 Å². The Morgan fingerprint density at radius 2 is 1.04 bits per heavy atom. The van der Waals surface area contributed by atoms with Crippen molar-refractivity contribution in [2.75, 3.05) is 4.90 Å². The van der Waals surface area contributed by atoms with Crippen LogP contribution < -0.4 is 4.90 Å². The van der Waals surface area contributed by atoms with Crippen molar-refractivity contribution in [1.29, 1.82) is 0 Å². The molecule has 0 N–H and O–H groups in total. The molecule has 0 radical (unpaired) electrons. The quantitative estimate of drug-likeness (QED) is 0.178. The lowest BCUT2D eigenvalue weighted by atomic mass is 9.96. The number of hydrogen-bond acceptors (Lipinski definition) is 2. The summed E-state index contributed by atoms with van der Waals surface area (Å²) in [7, 11) is 0. The summed E-state index contributed by atoms with van der Waals surface area (Å²) < 4.78 is 9.28. The van der Waals surface area contributed by atoms with Crippen molar-refractivity contribution in [3.63, 3.8) is 0 Å². The van der Waals surface area contributed by atoms with Crippen LogP contribution in [0.15, 0.2) is 199 Å². The fraction of sp³-hybridized carbons (Fsp3) is 0. The van der Waals surface area contributed by atoms with Crippen molar-refractivity contribution in [3.05, 3.63) is 194 Å². The Bertz CT molecular complexity index is 2850. The third-order valence-electron chi connectivity index (χ3n) is 9.97. The van der Waals surface area contributed by atoms with Crippen molar-refractivity contribution >= 4 is 60.8 Å². The molecule has 2 aromatic heterocycles. The van der Waals surface area contributed by atoms with Crippen LogP contribution in [0.5, 0.6) is 0 Å². The Hall–Kier alpha value is -6.84. The average molecular weight is 653 g/mol. The molecule has 3 nitrogen and oxygen atoms in total. The Morgan fingerprint density at radius 1 is 0.412 bits per heavy atom. The highest BCUT2D eigenvalue weighted by Crippen LogP contribution is 2.48. The molecular weight excluding hydrogens is 621 g/mol. The van der Waals surface area contributed by atoms with Crippen molar-refractivity contribution < 1.29 is 4.42 Å². The Morgan fingerprint density at radius 3 is 1.86 bits per heavy atom. The molecule has 0 aliphatic rings. The van der Waals surface area contributed by atoms with E-state index in [4.69, 9.17) is 4.42 Å². The van der Waals surface area contributed by atoms with E-state index in [9.17, 15) is 0 Å². The second-order valence-corrected chi connectivity index (χ2v) is 12.9. The number of rotatable bonds is 6. The first kappa shape index (κ1) is 29.1. The molecule has 3 heteroatoms. The SMILES string of the molecule is c1ccc(-c2cccc(N(c3ccccc3)c3ccc(-c4cccc5c4c4ccccc4n5-c4ccccc4)c4oc5ccccc5c34)c2)cc1. The van der Waals surface area contributed by atoms with E-state index in [2.05, 4.69) is 204 Å². The van der Waals surface area contributed by atoms with Crippen LogP contribution in [0.4, 0.5) is 17.1 Å². The zero-order valence-corrected chi connectivity index (χ0v) is 27.8. The number of furan rings is 1. The van der Waals surface area contributed by atoms with Crippen LogP contribution in [0.3, 0.4) is 0 Å². The highest BCUT2D eigenvalue weighted by atomic mass is 16.3. The lowest BCUT2D eigenvalue weighted by molar-refractivity contribution is 0.670. The van der Waals surface area contributed by atoms with Gasteiger partial charge in [0, 0.05) is 38.8 Å². The van der Waals surface area contributed by atoms with Crippen molar-refractivity contribution in [1.82, 2.24) is 4.57 Å². The fourth-order valence-electron chi connectivity index (χ4n) is 7.77. The van der Waals surface area contributed by atoms with Gasteiger partial charge in [-0.1, -0.05) is 127 Å². The highest BCUT2D eigenvalue weighted by molar-refractivity contribution is 6.22. The van der Waals surface area contributed by atoms with Crippen LogP contribution in [0.1, 0.15) is 0 Å². The molecule has 240 valence electrons. The minimum Gasteiger partial charge on any atom is -0.455 e. The molecule has 0 atom stereocenters. The molecule has 8 aromatic carbocycles. The van der Waals surface area contributed by atoms with E-state index in [-0.39, 0.29) is 0 Å². The maximum absolute atomic E-state index is 6.91. The van der Waals surface area contributed by atoms with E-state index in [1.54, 1.807) is 0 Å². The molecule has 0 spiro atoms. The minimum absolute atomic E-state index is 0.867. The van der Waals surface area contributed by atoms with Gasteiger partial charge in [-0.3, -0.25) is 0 Å². The average Bonchev–Trinajstić information content (AvgIpc) is 3.76. The standard InChI is InChI=1S/C48H32N2O/c1-4-16-33(17-5-1)34-18-14-23-37(32-34)49(35-19-6-2-7-20-35)44-31-30-39(48-47(44)41-25-11-13-29-45(41)51-48)38-26-15-28-43-46(38)40-24-10-12-27-42(40)50(43)36-21-8-3-9-22-36/h1-32H. The van der Waals surface area contributed by atoms with E-state index < -0.39 is 0 Å². The van der Waals surface area contributed by atoms with Gasteiger partial charge < -0.3 is 13.9 Å². The number of fused-ring (bicyclic) bond motifs is 6. The predicted octanol–water partition coefficient (Wildman–Crippen LogP) is 13.5. The summed E-state index contributed by atoms with van der Waals surface area (Å²) in [6.45, 7) is 0. The van der Waals surface area contributed by atoms with Crippen LogP contribution in [0.2, 0.25) is 0 Å². The second-order valence-electron chi connectivity index (χ2n) is 12.9. The topological polar surface area (TPSA) is 21.3 Å². The van der Waals surface area contributed by atoms with Gasteiger partial charge in [0.15, 0.2) is 0 Å². The Balaban J connectivity index is 1.26. The summed E-state index contributed by atoms with van der Waals surface area (Å²) in [6.07, 6.45) is 0. The van der Waals surface area contributed by atoms with Gasteiger partial charge in [-0.05, 0) is 83.4 Å². The van der Waals surface area contributed by atoms with E-state index in [1.165, 1.54) is 27.4 Å². The van der Waals surface area contributed by atoms with Crippen LogP contribution in [-0.2, 0) is 0 Å². The van der Waals surface area contributed by atoms with Crippen LogP contribution in [0.25, 0.3) is 71.7 Å². The lowest BCUT2D eigenvalue weighted by Crippen LogP contribution is -2.10. The molecule has 0 saturated carbocycles. The summed E-state index contributed by atoms with van der Waals surface area (Å²) in [5.41, 5.74) is 13.0. The molecule has 10 rings (SSSR count). The fourth-order valence-corrected chi connectivity index (χ4v) is 7.77. The highest BCUT2D eigenvalue weighted by Gasteiger charge is 2.24. The predicted molar refractivity (Wildman–Crippen MR) is 214 cm³/mol. The van der Waals surface area contributed by atoms with Gasteiger partial charge in [0.25, 0.3) is 0 Å². The number of anilines is 3. The Labute approximate surface area is 295 Å². The van der Waals surface area contributed by atoms with Gasteiger partial charge >= 0.3 is 0 Å².